The summed E-state index contributed by atoms with van der Waals surface area (Å²) in [6.07, 6.45) is 4.17. The summed E-state index contributed by atoms with van der Waals surface area (Å²) in [5.74, 6) is -3.09. The zero-order valence-corrected chi connectivity index (χ0v) is 23.9. The smallest absolute Gasteiger partial charge is 0.237 e. The van der Waals surface area contributed by atoms with Crippen LogP contribution in [0.1, 0.15) is 62.5 Å². The summed E-state index contributed by atoms with van der Waals surface area (Å²) in [7, 11) is 0. The third-order valence-electron chi connectivity index (χ3n) is 8.74. The normalized spacial score (nSPS) is 26.7. The Morgan fingerprint density at radius 2 is 1.95 bits per heavy atom. The van der Waals surface area contributed by atoms with Gasteiger partial charge in [-0.3, -0.25) is 4.79 Å². The molecule has 6 nitrogen and oxygen atoms in total. The highest BCUT2D eigenvalue weighted by molar-refractivity contribution is 6.31. The van der Waals surface area contributed by atoms with E-state index in [9.17, 15) is 15.2 Å². The third-order valence-corrected chi connectivity index (χ3v) is 9.27. The molecule has 1 aliphatic heterocycles. The van der Waals surface area contributed by atoms with Crippen molar-refractivity contribution in [3.05, 3.63) is 69.2 Å². The largest absolute Gasteiger partial charge is 0.394 e. The number of hydrogen-bond donors (Lipinski definition) is 4. The minimum Gasteiger partial charge on any atom is -0.394 e. The molecule has 0 bridgehead atoms. The average Bonchev–Trinajstić information content (AvgIpc) is 3.30. The maximum Gasteiger partial charge on any atom is 0.237 e. The van der Waals surface area contributed by atoms with Crippen LogP contribution in [0.5, 0.6) is 0 Å². The Kier molecular flexibility index (Phi) is 10.1. The topological polar surface area (TPSA) is 105 Å². The molecule has 1 amide bonds. The van der Waals surface area contributed by atoms with Crippen LogP contribution in [-0.4, -0.2) is 47.5 Å². The number of amides is 1. The molecule has 1 aliphatic carbocycles. The van der Waals surface area contributed by atoms with Gasteiger partial charge in [0, 0.05) is 29.1 Å². The van der Waals surface area contributed by atoms with Gasteiger partial charge in [-0.15, -0.1) is 0 Å². The van der Waals surface area contributed by atoms with Gasteiger partial charge in [-0.2, -0.15) is 5.26 Å². The standard InChI is InChI=1S/C30H35Cl2F2N3O3/c1-17(18-6-3-2-4-7-18)28-30(16-35,22-11-10-19(31)14-24(22)33)25(21-8-5-9-23(32)26(21)34)27(37-28)29(40)36-13-12-20(39)15-38/h5,8-11,14,17-18,20,25,27-28,37-39H,2-4,6-7,12-13,15H2,1H3,(H,36,40)/t17?,20-,25+,27-,28+,30-/m0/s1. The lowest BCUT2D eigenvalue weighted by Crippen LogP contribution is -2.49. The van der Waals surface area contributed by atoms with Crippen LogP contribution >= 0.6 is 23.2 Å². The van der Waals surface area contributed by atoms with Crippen LogP contribution in [0.2, 0.25) is 10.0 Å². The first-order valence-corrected chi connectivity index (χ1v) is 14.5. The van der Waals surface area contributed by atoms with Gasteiger partial charge in [-0.25, -0.2) is 8.78 Å². The van der Waals surface area contributed by atoms with Crippen LogP contribution in [0.4, 0.5) is 8.78 Å². The summed E-state index contributed by atoms with van der Waals surface area (Å²) in [4.78, 5) is 13.7. The summed E-state index contributed by atoms with van der Waals surface area (Å²) in [6.45, 7) is 1.60. The Morgan fingerprint density at radius 3 is 2.60 bits per heavy atom. The van der Waals surface area contributed by atoms with Gasteiger partial charge in [0.25, 0.3) is 0 Å². The lowest BCUT2D eigenvalue weighted by Gasteiger charge is -2.41. The van der Waals surface area contributed by atoms with Gasteiger partial charge in [0.2, 0.25) is 5.91 Å². The molecule has 2 aromatic rings. The van der Waals surface area contributed by atoms with E-state index in [0.29, 0.717) is 0 Å². The second-order valence-electron chi connectivity index (χ2n) is 11.0. The summed E-state index contributed by atoms with van der Waals surface area (Å²) in [5, 5.41) is 36.0. The lowest BCUT2D eigenvalue weighted by atomic mass is 9.60. The molecule has 40 heavy (non-hydrogen) atoms. The van der Waals surface area contributed by atoms with Crippen molar-refractivity contribution in [3.8, 4) is 6.07 Å². The molecule has 10 heteroatoms. The highest BCUT2D eigenvalue weighted by Crippen LogP contribution is 2.54. The van der Waals surface area contributed by atoms with Gasteiger partial charge in [0.15, 0.2) is 0 Å². The minimum absolute atomic E-state index is 0.0322. The number of halogens is 4. The Hall–Kier alpha value is -2.28. The zero-order valence-electron chi connectivity index (χ0n) is 22.3. The molecule has 216 valence electrons. The molecule has 2 fully saturated rings. The quantitative estimate of drug-likeness (QED) is 0.318. The number of carbonyl (C=O) groups is 1. The number of carbonyl (C=O) groups excluding carboxylic acids is 1. The monoisotopic (exact) mass is 593 g/mol. The van der Waals surface area contributed by atoms with Gasteiger partial charge >= 0.3 is 0 Å². The molecular weight excluding hydrogens is 559 g/mol. The van der Waals surface area contributed by atoms with E-state index in [1.807, 2.05) is 6.92 Å². The van der Waals surface area contributed by atoms with Crippen LogP contribution < -0.4 is 10.6 Å². The Labute approximate surface area is 243 Å². The average molecular weight is 595 g/mol. The van der Waals surface area contributed by atoms with Crippen LogP contribution in [0.3, 0.4) is 0 Å². The maximum atomic E-state index is 15.8. The predicted molar refractivity (Wildman–Crippen MR) is 150 cm³/mol. The van der Waals surface area contributed by atoms with E-state index in [-0.39, 0.29) is 46.0 Å². The van der Waals surface area contributed by atoms with Crippen molar-refractivity contribution in [2.24, 2.45) is 11.8 Å². The van der Waals surface area contributed by atoms with Crippen LogP contribution in [-0.2, 0) is 10.2 Å². The molecule has 0 spiro atoms. The molecule has 1 saturated heterocycles. The molecular formula is C30H35Cl2F2N3O3. The van der Waals surface area contributed by atoms with Crippen molar-refractivity contribution in [2.45, 2.75) is 75.0 Å². The highest BCUT2D eigenvalue weighted by Gasteiger charge is 2.62. The van der Waals surface area contributed by atoms with Gasteiger partial charge in [0.05, 0.1) is 29.8 Å². The van der Waals surface area contributed by atoms with Crippen LogP contribution in [0, 0.1) is 34.8 Å². The van der Waals surface area contributed by atoms with Gasteiger partial charge in [-0.05, 0) is 42.0 Å². The second-order valence-corrected chi connectivity index (χ2v) is 11.9. The molecule has 4 rings (SSSR count). The number of hydrogen-bond acceptors (Lipinski definition) is 5. The first kappa shape index (κ1) is 30.7. The van der Waals surface area contributed by atoms with E-state index in [4.69, 9.17) is 28.3 Å². The first-order valence-electron chi connectivity index (χ1n) is 13.8. The predicted octanol–water partition coefficient (Wildman–Crippen LogP) is 5.23. The number of aliphatic hydroxyl groups is 2. The fourth-order valence-electron chi connectivity index (χ4n) is 6.71. The molecule has 1 unspecified atom stereocenters. The van der Waals surface area contributed by atoms with Crippen molar-refractivity contribution in [3.63, 3.8) is 0 Å². The van der Waals surface area contributed by atoms with E-state index >= 15 is 8.78 Å². The molecule has 1 saturated carbocycles. The van der Waals surface area contributed by atoms with E-state index in [1.165, 1.54) is 24.3 Å². The third kappa shape index (κ3) is 5.86. The van der Waals surface area contributed by atoms with Crippen molar-refractivity contribution in [1.29, 1.82) is 5.26 Å². The fourth-order valence-corrected chi connectivity index (χ4v) is 7.05. The summed E-state index contributed by atoms with van der Waals surface area (Å²) in [5.41, 5.74) is -1.62. The minimum atomic E-state index is -1.69. The van der Waals surface area contributed by atoms with E-state index in [2.05, 4.69) is 16.7 Å². The highest BCUT2D eigenvalue weighted by atomic mass is 35.5. The van der Waals surface area contributed by atoms with E-state index in [1.54, 1.807) is 6.07 Å². The summed E-state index contributed by atoms with van der Waals surface area (Å²) in [6, 6.07) is 9.05. The lowest BCUT2D eigenvalue weighted by molar-refractivity contribution is -0.123. The van der Waals surface area contributed by atoms with E-state index < -0.39 is 53.7 Å². The van der Waals surface area contributed by atoms with Gasteiger partial charge in [-0.1, -0.05) is 80.4 Å². The van der Waals surface area contributed by atoms with Crippen molar-refractivity contribution in [2.75, 3.05) is 13.2 Å². The molecule has 0 aromatic heterocycles. The molecule has 0 radical (unpaired) electrons. The Morgan fingerprint density at radius 1 is 1.23 bits per heavy atom. The number of nitriles is 1. The first-order chi connectivity index (χ1) is 19.1. The molecule has 4 N–H and O–H groups in total. The molecule has 2 aromatic carbocycles. The summed E-state index contributed by atoms with van der Waals surface area (Å²) >= 11 is 12.3. The van der Waals surface area contributed by atoms with Crippen LogP contribution in [0.15, 0.2) is 36.4 Å². The number of rotatable bonds is 9. The van der Waals surface area contributed by atoms with Crippen LogP contribution in [0.25, 0.3) is 0 Å². The fraction of sp³-hybridized carbons (Fsp3) is 0.533. The SMILES string of the molecule is CC(C1CCCCC1)[C@H]1N[C@H](C(=O)NCC[C@H](O)CO)[C@@H](c2cccc(Cl)c2F)[C@]1(C#N)c1ccc(Cl)cc1F. The van der Waals surface area contributed by atoms with Crippen molar-refractivity contribution in [1.82, 2.24) is 10.6 Å². The van der Waals surface area contributed by atoms with Crippen molar-refractivity contribution < 1.29 is 23.8 Å². The van der Waals surface area contributed by atoms with Gasteiger partial charge < -0.3 is 20.8 Å². The number of nitrogens with one attached hydrogen (secondary N) is 2. The maximum absolute atomic E-state index is 15.8. The number of nitrogens with zero attached hydrogens (tertiary/aromatic N) is 1. The molecule has 1 heterocycles. The van der Waals surface area contributed by atoms with Crippen molar-refractivity contribution >= 4 is 29.1 Å². The number of benzene rings is 2. The number of aliphatic hydroxyl groups excluding tert-OH is 2. The second kappa shape index (κ2) is 13.1. The molecule has 6 atom stereocenters. The molecule has 2 aliphatic rings. The van der Waals surface area contributed by atoms with E-state index in [0.717, 1.165) is 38.2 Å². The van der Waals surface area contributed by atoms with Gasteiger partial charge in [0.1, 0.15) is 17.0 Å². The summed E-state index contributed by atoms with van der Waals surface area (Å²) < 4.78 is 31.6. The Bertz CT molecular complexity index is 1250. The Balaban J connectivity index is 1.90. The zero-order chi connectivity index (χ0) is 29.0.